The molecule has 4 aromatic rings. The van der Waals surface area contributed by atoms with E-state index in [1.807, 2.05) is 72.2 Å². The van der Waals surface area contributed by atoms with Gasteiger partial charge in [-0.3, -0.25) is 13.9 Å². The van der Waals surface area contributed by atoms with Crippen molar-refractivity contribution in [2.24, 2.45) is 7.05 Å². The van der Waals surface area contributed by atoms with E-state index < -0.39 is 0 Å². The average Bonchev–Trinajstić information content (AvgIpc) is 3.22. The Bertz CT molecular complexity index is 1500. The predicted octanol–water partition coefficient (Wildman–Crippen LogP) is 4.11. The summed E-state index contributed by atoms with van der Waals surface area (Å²) in [5.74, 6) is 0.659. The molecule has 0 radical (unpaired) electrons. The number of rotatable bonds is 4. The highest BCUT2D eigenvalue weighted by atomic mass is 35.5. The quantitative estimate of drug-likeness (QED) is 0.458. The van der Waals surface area contributed by atoms with Gasteiger partial charge in [0.05, 0.1) is 0 Å². The van der Waals surface area contributed by atoms with Gasteiger partial charge in [-0.15, -0.1) is 0 Å². The fourth-order valence-electron chi connectivity index (χ4n) is 4.40. The lowest BCUT2D eigenvalue weighted by Gasteiger charge is -2.30. The van der Waals surface area contributed by atoms with Crippen molar-refractivity contribution in [3.63, 3.8) is 0 Å². The number of anilines is 2. The summed E-state index contributed by atoms with van der Waals surface area (Å²) >= 11 is 6.36. The van der Waals surface area contributed by atoms with Crippen LogP contribution in [0.15, 0.2) is 64.2 Å². The topological polar surface area (TPSA) is 65.1 Å². The molecule has 33 heavy (non-hydrogen) atoms. The first-order chi connectivity index (χ1) is 16.0. The minimum absolute atomic E-state index is 0.188. The maximum Gasteiger partial charge on any atom is 0.332 e. The first-order valence-electron chi connectivity index (χ1n) is 10.9. The van der Waals surface area contributed by atoms with Crippen LogP contribution < -0.4 is 16.1 Å². The zero-order valence-electron chi connectivity index (χ0n) is 18.5. The van der Waals surface area contributed by atoms with Gasteiger partial charge in [0.25, 0.3) is 5.56 Å². The Hall–Kier alpha value is -3.58. The Morgan fingerprint density at radius 3 is 2.64 bits per heavy atom. The highest BCUT2D eigenvalue weighted by Gasteiger charge is 2.27. The highest BCUT2D eigenvalue weighted by molar-refractivity contribution is 6.31. The molecule has 5 rings (SSSR count). The zero-order chi connectivity index (χ0) is 23.1. The molecule has 0 spiro atoms. The standard InChI is InChI=1S/C25H24ClN5O2/c1-17-19(26)12-6-13-20(17)29-15-8-16-30-21-22(27-24(29)30)28(2)25(33)31(23(21)32)14-7-11-18-9-4-3-5-10-18/h3-7,9-13H,8,14-16H2,1-2H3/b11-7+. The fraction of sp³-hybridized carbons (Fsp3) is 0.240. The van der Waals surface area contributed by atoms with E-state index in [-0.39, 0.29) is 17.8 Å². The summed E-state index contributed by atoms with van der Waals surface area (Å²) in [5.41, 5.74) is 3.06. The normalized spacial score (nSPS) is 13.7. The average molecular weight is 462 g/mol. The van der Waals surface area contributed by atoms with Gasteiger partial charge < -0.3 is 9.47 Å². The number of benzene rings is 2. The molecule has 0 atom stereocenters. The number of aryl methyl sites for hydroxylation is 2. The van der Waals surface area contributed by atoms with Crippen LogP contribution in [0.1, 0.15) is 17.5 Å². The molecule has 0 unspecified atom stereocenters. The molecular weight excluding hydrogens is 438 g/mol. The Labute approximate surface area is 195 Å². The molecule has 0 fully saturated rings. The molecule has 0 aliphatic carbocycles. The van der Waals surface area contributed by atoms with Crippen molar-refractivity contribution in [1.82, 2.24) is 18.7 Å². The zero-order valence-corrected chi connectivity index (χ0v) is 19.3. The van der Waals surface area contributed by atoms with Gasteiger partial charge in [0.1, 0.15) is 0 Å². The molecule has 8 heteroatoms. The van der Waals surface area contributed by atoms with Crippen LogP contribution in [0.4, 0.5) is 11.6 Å². The highest BCUT2D eigenvalue weighted by Crippen LogP contribution is 2.35. The monoisotopic (exact) mass is 461 g/mol. The van der Waals surface area contributed by atoms with Gasteiger partial charge in [-0.05, 0) is 36.6 Å². The molecule has 0 N–H and O–H groups in total. The number of hydrogen-bond acceptors (Lipinski definition) is 4. The third-order valence-corrected chi connectivity index (χ3v) is 6.55. The molecule has 0 saturated heterocycles. The second kappa shape index (κ2) is 8.41. The summed E-state index contributed by atoms with van der Waals surface area (Å²) < 4.78 is 4.65. The minimum Gasteiger partial charge on any atom is -0.312 e. The molecule has 2 aromatic carbocycles. The first kappa shape index (κ1) is 21.3. The van der Waals surface area contributed by atoms with E-state index in [0.717, 1.165) is 29.8 Å². The summed E-state index contributed by atoms with van der Waals surface area (Å²) in [4.78, 5) is 33.3. The van der Waals surface area contributed by atoms with Crippen LogP contribution in [0.25, 0.3) is 17.2 Å². The van der Waals surface area contributed by atoms with E-state index in [1.54, 1.807) is 7.05 Å². The molecule has 3 heterocycles. The number of nitrogens with zero attached hydrogens (tertiary/aromatic N) is 5. The van der Waals surface area contributed by atoms with E-state index >= 15 is 0 Å². The third kappa shape index (κ3) is 3.58. The van der Waals surface area contributed by atoms with E-state index in [2.05, 4.69) is 4.90 Å². The molecule has 0 amide bonds. The van der Waals surface area contributed by atoms with Gasteiger partial charge in [-0.1, -0.05) is 60.2 Å². The van der Waals surface area contributed by atoms with Crippen LogP contribution in [0.5, 0.6) is 0 Å². The van der Waals surface area contributed by atoms with E-state index in [0.29, 0.717) is 28.7 Å². The van der Waals surface area contributed by atoms with Gasteiger partial charge in [0, 0.05) is 37.4 Å². The molecule has 168 valence electrons. The van der Waals surface area contributed by atoms with Gasteiger partial charge in [-0.2, -0.15) is 4.98 Å². The Morgan fingerprint density at radius 2 is 1.85 bits per heavy atom. The smallest absolute Gasteiger partial charge is 0.312 e. The second-order valence-electron chi connectivity index (χ2n) is 8.20. The molecule has 2 aromatic heterocycles. The third-order valence-electron chi connectivity index (χ3n) is 6.14. The van der Waals surface area contributed by atoms with Crippen molar-refractivity contribution < 1.29 is 0 Å². The number of fused-ring (bicyclic) bond motifs is 3. The Morgan fingerprint density at radius 1 is 1.06 bits per heavy atom. The molecule has 0 bridgehead atoms. The molecule has 0 saturated carbocycles. The lowest BCUT2D eigenvalue weighted by atomic mass is 10.1. The summed E-state index contributed by atoms with van der Waals surface area (Å²) in [6.45, 7) is 3.58. The minimum atomic E-state index is -0.383. The van der Waals surface area contributed by atoms with Crippen LogP contribution in [0.2, 0.25) is 5.02 Å². The summed E-state index contributed by atoms with van der Waals surface area (Å²) in [5, 5.41) is 0.681. The second-order valence-corrected chi connectivity index (χ2v) is 8.60. The molecule has 1 aliphatic heterocycles. The van der Waals surface area contributed by atoms with Crippen LogP contribution in [0.3, 0.4) is 0 Å². The number of halogens is 1. The van der Waals surface area contributed by atoms with Gasteiger partial charge in [-0.25, -0.2) is 4.79 Å². The number of allylic oxidation sites excluding steroid dienone is 1. The lowest BCUT2D eigenvalue weighted by molar-refractivity contribution is 0.598. The van der Waals surface area contributed by atoms with Gasteiger partial charge >= 0.3 is 5.69 Å². The van der Waals surface area contributed by atoms with Crippen LogP contribution in [-0.4, -0.2) is 25.2 Å². The summed E-state index contributed by atoms with van der Waals surface area (Å²) in [6, 6.07) is 15.6. The van der Waals surface area contributed by atoms with E-state index in [4.69, 9.17) is 16.6 Å². The van der Waals surface area contributed by atoms with Crippen molar-refractivity contribution in [3.8, 4) is 0 Å². The molecular formula is C25H24ClN5O2. The van der Waals surface area contributed by atoms with Gasteiger partial charge in [0.2, 0.25) is 5.95 Å². The van der Waals surface area contributed by atoms with Crippen molar-refractivity contribution >= 4 is 40.5 Å². The Kier molecular flexibility index (Phi) is 5.42. The van der Waals surface area contributed by atoms with Crippen LogP contribution >= 0.6 is 11.6 Å². The van der Waals surface area contributed by atoms with Crippen molar-refractivity contribution in [2.45, 2.75) is 26.4 Å². The van der Waals surface area contributed by atoms with Crippen molar-refractivity contribution in [1.29, 1.82) is 0 Å². The number of aromatic nitrogens is 4. The summed E-state index contributed by atoms with van der Waals surface area (Å²) in [6.07, 6.45) is 4.59. The van der Waals surface area contributed by atoms with Crippen molar-refractivity contribution in [2.75, 3.05) is 11.4 Å². The number of hydrogen-bond donors (Lipinski definition) is 0. The molecule has 1 aliphatic rings. The van der Waals surface area contributed by atoms with Crippen LogP contribution in [-0.2, 0) is 20.1 Å². The van der Waals surface area contributed by atoms with Crippen LogP contribution in [0, 0.1) is 6.92 Å². The van der Waals surface area contributed by atoms with E-state index in [9.17, 15) is 9.59 Å². The van der Waals surface area contributed by atoms with Gasteiger partial charge in [0.15, 0.2) is 11.2 Å². The maximum atomic E-state index is 13.5. The lowest BCUT2D eigenvalue weighted by Crippen LogP contribution is -2.39. The first-order valence-corrected chi connectivity index (χ1v) is 11.3. The Balaban J connectivity index is 1.63. The maximum absolute atomic E-state index is 13.5. The largest absolute Gasteiger partial charge is 0.332 e. The van der Waals surface area contributed by atoms with Crippen molar-refractivity contribution in [3.05, 3.63) is 91.6 Å². The predicted molar refractivity (Wildman–Crippen MR) is 133 cm³/mol. The fourth-order valence-corrected chi connectivity index (χ4v) is 4.57. The molecule has 7 nitrogen and oxygen atoms in total. The SMILES string of the molecule is Cc1c(Cl)cccc1N1CCCn2c1nc1c2c(=O)n(C/C=C/c2ccccc2)c(=O)n1C. The number of imidazole rings is 1. The summed E-state index contributed by atoms with van der Waals surface area (Å²) in [7, 11) is 1.66. The van der Waals surface area contributed by atoms with E-state index in [1.165, 1.54) is 9.13 Å².